The number of halogens is 1. The quantitative estimate of drug-likeness (QED) is 0.392. The first-order valence-electron chi connectivity index (χ1n) is 12.4. The number of primary amides is 1. The van der Waals surface area contributed by atoms with E-state index in [0.29, 0.717) is 29.4 Å². The van der Waals surface area contributed by atoms with Crippen LogP contribution in [0.2, 0.25) is 5.02 Å². The van der Waals surface area contributed by atoms with Crippen LogP contribution in [0.1, 0.15) is 41.4 Å². The van der Waals surface area contributed by atoms with Crippen LogP contribution in [0.15, 0.2) is 72.8 Å². The van der Waals surface area contributed by atoms with Crippen molar-refractivity contribution in [1.82, 2.24) is 4.90 Å². The molecule has 196 valence electrons. The summed E-state index contributed by atoms with van der Waals surface area (Å²) in [6.45, 7) is 6.09. The number of aliphatic hydroxyl groups is 2. The second kappa shape index (κ2) is 11.5. The van der Waals surface area contributed by atoms with E-state index in [-0.39, 0.29) is 25.3 Å². The average molecular weight is 524 g/mol. The van der Waals surface area contributed by atoms with Gasteiger partial charge in [0.05, 0.1) is 18.2 Å². The summed E-state index contributed by atoms with van der Waals surface area (Å²) >= 11 is 6.19. The van der Waals surface area contributed by atoms with Gasteiger partial charge in [0.15, 0.2) is 0 Å². The van der Waals surface area contributed by atoms with Crippen molar-refractivity contribution in [2.45, 2.75) is 31.5 Å². The predicted molar refractivity (Wildman–Crippen MR) is 146 cm³/mol. The number of nitrogens with two attached hydrogens (primary N) is 1. The highest BCUT2D eigenvalue weighted by Crippen LogP contribution is 2.36. The minimum Gasteiger partial charge on any atom is -0.491 e. The molecule has 1 aliphatic heterocycles. The van der Waals surface area contributed by atoms with Crippen LogP contribution in [0.25, 0.3) is 0 Å². The normalized spacial score (nSPS) is 19.9. The maximum Gasteiger partial charge on any atom is 0.248 e. The molecule has 0 aromatic heterocycles. The lowest BCUT2D eigenvalue weighted by atomic mass is 9.92. The minimum absolute atomic E-state index is 0.0262. The Bertz CT molecular complexity index is 1180. The second-order valence-corrected chi connectivity index (χ2v) is 10.2. The molecule has 1 fully saturated rings. The van der Waals surface area contributed by atoms with Crippen LogP contribution in [-0.4, -0.2) is 59.9 Å². The van der Waals surface area contributed by atoms with E-state index in [1.54, 1.807) is 31.2 Å². The third kappa shape index (κ3) is 6.43. The van der Waals surface area contributed by atoms with E-state index in [9.17, 15) is 9.90 Å². The van der Waals surface area contributed by atoms with Gasteiger partial charge < -0.3 is 25.6 Å². The maximum atomic E-state index is 11.4. The van der Waals surface area contributed by atoms with E-state index in [4.69, 9.17) is 27.2 Å². The van der Waals surface area contributed by atoms with Gasteiger partial charge in [0, 0.05) is 41.9 Å². The lowest BCUT2D eigenvalue weighted by Crippen LogP contribution is -2.56. The Morgan fingerprint density at radius 2 is 1.70 bits per heavy atom. The van der Waals surface area contributed by atoms with Gasteiger partial charge in [-0.1, -0.05) is 35.9 Å². The first-order chi connectivity index (χ1) is 17.7. The highest BCUT2D eigenvalue weighted by Gasteiger charge is 2.36. The number of nitrogens with zero attached hydrogens (tertiary/aromatic N) is 2. The van der Waals surface area contributed by atoms with Crippen LogP contribution in [0.3, 0.4) is 0 Å². The van der Waals surface area contributed by atoms with E-state index < -0.39 is 11.5 Å². The van der Waals surface area contributed by atoms with E-state index in [1.165, 1.54) is 0 Å². The van der Waals surface area contributed by atoms with Crippen molar-refractivity contribution >= 4 is 23.2 Å². The number of β-amino-alcohol motifs (C(OH)–C–C–N with tert-alkyl or cyclic N) is 1. The van der Waals surface area contributed by atoms with Gasteiger partial charge in [0.2, 0.25) is 5.91 Å². The average Bonchev–Trinajstić information content (AvgIpc) is 2.88. The smallest absolute Gasteiger partial charge is 0.248 e. The van der Waals surface area contributed by atoms with Crippen LogP contribution in [0.4, 0.5) is 5.69 Å². The second-order valence-electron chi connectivity index (χ2n) is 9.80. The highest BCUT2D eigenvalue weighted by molar-refractivity contribution is 6.30. The zero-order valence-electron chi connectivity index (χ0n) is 21.2. The molecule has 0 aliphatic carbocycles. The monoisotopic (exact) mass is 523 g/mol. The number of hydrogen-bond acceptors (Lipinski definition) is 6. The van der Waals surface area contributed by atoms with Crippen LogP contribution in [-0.2, 0) is 5.60 Å². The molecule has 4 rings (SSSR count). The first kappa shape index (κ1) is 26.9. The first-order valence-corrected chi connectivity index (χ1v) is 12.8. The predicted octanol–water partition coefficient (Wildman–Crippen LogP) is 3.97. The van der Waals surface area contributed by atoms with Crippen molar-refractivity contribution in [2.24, 2.45) is 5.73 Å². The van der Waals surface area contributed by atoms with Crippen molar-refractivity contribution < 1.29 is 19.7 Å². The molecule has 1 unspecified atom stereocenters. The number of hydrogen-bond donors (Lipinski definition) is 3. The van der Waals surface area contributed by atoms with Gasteiger partial charge in [-0.15, -0.1) is 0 Å². The molecule has 1 aliphatic rings. The molecule has 3 atom stereocenters. The number of rotatable bonds is 9. The van der Waals surface area contributed by atoms with E-state index in [1.807, 2.05) is 36.4 Å². The Kier molecular flexibility index (Phi) is 8.39. The van der Waals surface area contributed by atoms with Gasteiger partial charge in [0.1, 0.15) is 12.4 Å². The Hall–Kier alpha value is -3.10. The number of anilines is 1. The van der Waals surface area contributed by atoms with Crippen molar-refractivity contribution in [1.29, 1.82) is 0 Å². The fraction of sp³-hybridized carbons (Fsp3) is 0.345. The standard InChI is InChI=1S/C29H34ClN3O4/c1-20-17-32(19-29(2,36)23-7-3-22(4-8-23)28(31)35)18-27(21-5-9-24(30)10-6-21)33(20)25-11-13-26(14-12-25)37-16-15-34/h3-14,20,27,34,36H,15-19H2,1-2H3,(H2,31,35)/t20?,27-,29+/m0/s1. The summed E-state index contributed by atoms with van der Waals surface area (Å²) in [5.74, 6) is 0.223. The molecule has 4 N–H and O–H groups in total. The molecule has 0 saturated carbocycles. The number of aliphatic hydroxyl groups excluding tert-OH is 1. The zero-order valence-corrected chi connectivity index (χ0v) is 21.9. The van der Waals surface area contributed by atoms with Crippen LogP contribution in [0.5, 0.6) is 5.75 Å². The summed E-state index contributed by atoms with van der Waals surface area (Å²) in [4.78, 5) is 16.1. The number of benzene rings is 3. The maximum absolute atomic E-state index is 11.4. The zero-order chi connectivity index (χ0) is 26.6. The van der Waals surface area contributed by atoms with Gasteiger partial charge in [-0.25, -0.2) is 0 Å². The fourth-order valence-electron chi connectivity index (χ4n) is 5.09. The van der Waals surface area contributed by atoms with Crippen molar-refractivity contribution in [3.63, 3.8) is 0 Å². The van der Waals surface area contributed by atoms with Crippen molar-refractivity contribution in [3.05, 3.63) is 94.5 Å². The van der Waals surface area contributed by atoms with Crippen LogP contribution >= 0.6 is 11.6 Å². The molecule has 0 radical (unpaired) electrons. The largest absolute Gasteiger partial charge is 0.491 e. The van der Waals surface area contributed by atoms with Gasteiger partial charge in [0.25, 0.3) is 0 Å². The third-order valence-electron chi connectivity index (χ3n) is 6.84. The number of carbonyl (C=O) groups excluding carboxylic acids is 1. The molecular weight excluding hydrogens is 490 g/mol. The van der Waals surface area contributed by atoms with Crippen molar-refractivity contribution in [2.75, 3.05) is 37.7 Å². The Labute approximate surface area is 223 Å². The summed E-state index contributed by atoms with van der Waals surface area (Å²) in [5, 5.41) is 21.1. The summed E-state index contributed by atoms with van der Waals surface area (Å²) in [7, 11) is 0. The fourth-order valence-corrected chi connectivity index (χ4v) is 5.21. The van der Waals surface area contributed by atoms with Crippen molar-refractivity contribution in [3.8, 4) is 5.75 Å². The number of ether oxygens (including phenoxy) is 1. The Morgan fingerprint density at radius 3 is 2.30 bits per heavy atom. The lowest BCUT2D eigenvalue weighted by Gasteiger charge is -2.48. The summed E-state index contributed by atoms with van der Waals surface area (Å²) in [6.07, 6.45) is 0. The summed E-state index contributed by atoms with van der Waals surface area (Å²) in [6, 6.07) is 22.8. The van der Waals surface area contributed by atoms with E-state index in [0.717, 1.165) is 23.4 Å². The van der Waals surface area contributed by atoms with E-state index in [2.05, 4.69) is 28.9 Å². The Morgan fingerprint density at radius 1 is 1.05 bits per heavy atom. The van der Waals surface area contributed by atoms with Gasteiger partial charge in [-0.3, -0.25) is 9.69 Å². The van der Waals surface area contributed by atoms with Gasteiger partial charge in [-0.2, -0.15) is 0 Å². The lowest BCUT2D eigenvalue weighted by molar-refractivity contribution is 0.00634. The van der Waals surface area contributed by atoms with Crippen LogP contribution in [0, 0.1) is 0 Å². The molecule has 1 saturated heterocycles. The molecule has 0 bridgehead atoms. The molecular formula is C29H34ClN3O4. The topological polar surface area (TPSA) is 99.3 Å². The molecule has 8 heteroatoms. The van der Waals surface area contributed by atoms with Gasteiger partial charge in [-0.05, 0) is 73.5 Å². The van der Waals surface area contributed by atoms with Gasteiger partial charge >= 0.3 is 0 Å². The SMILES string of the molecule is CC1CN(C[C@@](C)(O)c2ccc(C(N)=O)cc2)C[C@@H](c2ccc(Cl)cc2)N1c1ccc(OCCO)cc1. The van der Waals surface area contributed by atoms with E-state index >= 15 is 0 Å². The highest BCUT2D eigenvalue weighted by atomic mass is 35.5. The molecule has 37 heavy (non-hydrogen) atoms. The number of carbonyl (C=O) groups is 1. The minimum atomic E-state index is -1.12. The summed E-state index contributed by atoms with van der Waals surface area (Å²) in [5.41, 5.74) is 7.60. The third-order valence-corrected chi connectivity index (χ3v) is 7.09. The molecule has 3 aromatic carbocycles. The number of piperazine rings is 1. The molecule has 1 amide bonds. The molecule has 7 nitrogen and oxygen atoms in total. The Balaban J connectivity index is 1.58. The number of amides is 1. The van der Waals surface area contributed by atoms with Crippen LogP contribution < -0.4 is 15.4 Å². The molecule has 1 heterocycles. The molecule has 3 aromatic rings. The molecule has 0 spiro atoms. The summed E-state index contributed by atoms with van der Waals surface area (Å²) < 4.78 is 5.54.